The van der Waals surface area contributed by atoms with Crippen molar-refractivity contribution in [1.29, 1.82) is 0 Å². The topological polar surface area (TPSA) is 49.3 Å². The molecule has 0 atom stereocenters. The number of anilines is 1. The Labute approximate surface area is 182 Å². The predicted molar refractivity (Wildman–Crippen MR) is 124 cm³/mol. The lowest BCUT2D eigenvalue weighted by Crippen LogP contribution is -2.48. The van der Waals surface area contributed by atoms with E-state index < -0.39 is 0 Å². The highest BCUT2D eigenvalue weighted by atomic mass is 16.1. The van der Waals surface area contributed by atoms with Crippen molar-refractivity contribution in [2.75, 3.05) is 37.6 Å². The van der Waals surface area contributed by atoms with Gasteiger partial charge in [-0.15, -0.1) is 10.2 Å². The molecule has 1 aliphatic heterocycles. The number of benzene rings is 3. The molecule has 0 unspecified atom stereocenters. The smallest absolute Gasteiger partial charge is 0.176 e. The van der Waals surface area contributed by atoms with Crippen LogP contribution < -0.4 is 4.90 Å². The lowest BCUT2D eigenvalue weighted by atomic mass is 10.0. The first-order chi connectivity index (χ1) is 15.3. The molecule has 3 aromatic carbocycles. The number of carbonyl (C=O) groups excluding carboxylic acids is 1. The van der Waals surface area contributed by atoms with Gasteiger partial charge >= 0.3 is 0 Å². The zero-order chi connectivity index (χ0) is 21.0. The second-order valence-electron chi connectivity index (χ2n) is 7.84. The van der Waals surface area contributed by atoms with Crippen LogP contribution in [-0.4, -0.2) is 53.6 Å². The number of carbonyl (C=O) groups is 1. The van der Waals surface area contributed by atoms with Crippen molar-refractivity contribution in [2.45, 2.75) is 0 Å². The van der Waals surface area contributed by atoms with Gasteiger partial charge in [0, 0.05) is 48.1 Å². The molecule has 0 amide bonds. The zero-order valence-corrected chi connectivity index (χ0v) is 17.3. The molecular formula is C26H24N4O. The lowest BCUT2D eigenvalue weighted by molar-refractivity contribution is 0.0926. The number of hydrogen-bond acceptors (Lipinski definition) is 5. The fourth-order valence-electron chi connectivity index (χ4n) is 4.17. The van der Waals surface area contributed by atoms with Crippen molar-refractivity contribution in [3.8, 4) is 11.3 Å². The fourth-order valence-corrected chi connectivity index (χ4v) is 4.17. The Morgan fingerprint density at radius 1 is 0.710 bits per heavy atom. The number of aromatic nitrogens is 2. The van der Waals surface area contributed by atoms with Crippen LogP contribution in [0.5, 0.6) is 0 Å². The summed E-state index contributed by atoms with van der Waals surface area (Å²) in [7, 11) is 0. The van der Waals surface area contributed by atoms with Crippen LogP contribution in [0.25, 0.3) is 22.0 Å². The molecule has 0 bridgehead atoms. The Morgan fingerprint density at radius 2 is 1.32 bits per heavy atom. The van der Waals surface area contributed by atoms with Crippen LogP contribution in [0, 0.1) is 0 Å². The quantitative estimate of drug-likeness (QED) is 0.461. The Hall–Kier alpha value is -3.57. The maximum atomic E-state index is 12.5. The van der Waals surface area contributed by atoms with E-state index in [-0.39, 0.29) is 5.78 Å². The molecule has 1 saturated heterocycles. The highest BCUT2D eigenvalue weighted by Gasteiger charge is 2.23. The number of rotatable bonds is 5. The number of fused-ring (bicyclic) bond motifs is 1. The maximum Gasteiger partial charge on any atom is 0.176 e. The van der Waals surface area contributed by atoms with Crippen LogP contribution in [-0.2, 0) is 0 Å². The summed E-state index contributed by atoms with van der Waals surface area (Å²) in [6.07, 6.45) is 0. The van der Waals surface area contributed by atoms with Crippen molar-refractivity contribution < 1.29 is 4.79 Å². The van der Waals surface area contributed by atoms with Crippen molar-refractivity contribution in [3.05, 3.63) is 90.5 Å². The fraction of sp³-hybridized carbons (Fsp3) is 0.192. The Kier molecular flexibility index (Phi) is 5.42. The summed E-state index contributed by atoms with van der Waals surface area (Å²) < 4.78 is 0. The molecule has 1 aromatic heterocycles. The van der Waals surface area contributed by atoms with E-state index in [1.807, 2.05) is 54.6 Å². The van der Waals surface area contributed by atoms with E-state index in [2.05, 4.69) is 50.3 Å². The zero-order valence-electron chi connectivity index (χ0n) is 17.3. The third-order valence-corrected chi connectivity index (χ3v) is 5.85. The minimum Gasteiger partial charge on any atom is -0.352 e. The van der Waals surface area contributed by atoms with Gasteiger partial charge in [-0.25, -0.2) is 0 Å². The third-order valence-electron chi connectivity index (χ3n) is 5.85. The van der Waals surface area contributed by atoms with E-state index in [4.69, 9.17) is 0 Å². The molecule has 0 radical (unpaired) electrons. The molecule has 154 valence electrons. The average molecular weight is 409 g/mol. The normalized spacial score (nSPS) is 14.6. The van der Waals surface area contributed by atoms with E-state index in [0.29, 0.717) is 6.54 Å². The molecule has 31 heavy (non-hydrogen) atoms. The van der Waals surface area contributed by atoms with Crippen LogP contribution in [0.2, 0.25) is 0 Å². The van der Waals surface area contributed by atoms with Crippen LogP contribution in [0.15, 0.2) is 84.9 Å². The second kappa shape index (κ2) is 8.66. The van der Waals surface area contributed by atoms with Gasteiger partial charge in [0.05, 0.1) is 6.54 Å². The van der Waals surface area contributed by atoms with E-state index in [9.17, 15) is 4.79 Å². The molecule has 0 N–H and O–H groups in total. The molecule has 0 saturated carbocycles. The van der Waals surface area contributed by atoms with Gasteiger partial charge in [-0.05, 0) is 0 Å². The van der Waals surface area contributed by atoms with Gasteiger partial charge in [0.25, 0.3) is 0 Å². The first kappa shape index (κ1) is 19.4. The number of ketones is 1. The van der Waals surface area contributed by atoms with E-state index >= 15 is 0 Å². The minimum atomic E-state index is 0.173. The monoisotopic (exact) mass is 408 g/mol. The third kappa shape index (κ3) is 4.05. The highest BCUT2D eigenvalue weighted by molar-refractivity contribution is 6.00. The number of piperazine rings is 1. The van der Waals surface area contributed by atoms with Gasteiger partial charge in [0.2, 0.25) is 0 Å². The van der Waals surface area contributed by atoms with Crippen LogP contribution in [0.3, 0.4) is 0 Å². The summed E-state index contributed by atoms with van der Waals surface area (Å²) in [5, 5.41) is 11.5. The van der Waals surface area contributed by atoms with Crippen molar-refractivity contribution in [2.24, 2.45) is 0 Å². The molecule has 5 heteroatoms. The molecule has 1 aliphatic rings. The van der Waals surface area contributed by atoms with Gasteiger partial charge in [-0.2, -0.15) is 0 Å². The standard InChI is InChI=1S/C26H24N4O/c31-24(20-9-3-1-4-10-20)19-29-15-17-30(18-16-29)26-23-14-8-7-13-22(23)25(27-28-26)21-11-5-2-6-12-21/h1-14H,15-19H2. The average Bonchev–Trinajstić information content (AvgIpc) is 2.85. The van der Waals surface area contributed by atoms with E-state index in [1.165, 1.54) is 0 Å². The van der Waals surface area contributed by atoms with Crippen molar-refractivity contribution in [3.63, 3.8) is 0 Å². The summed E-state index contributed by atoms with van der Waals surface area (Å²) in [6, 6.07) is 28.1. The van der Waals surface area contributed by atoms with Gasteiger partial charge in [0.15, 0.2) is 11.6 Å². The van der Waals surface area contributed by atoms with Gasteiger partial charge in [-0.1, -0.05) is 84.9 Å². The van der Waals surface area contributed by atoms with Gasteiger partial charge in [-0.3, -0.25) is 9.69 Å². The second-order valence-corrected chi connectivity index (χ2v) is 7.84. The number of Topliss-reactive ketones (excluding diaryl/α,β-unsaturated/α-hetero) is 1. The largest absolute Gasteiger partial charge is 0.352 e. The van der Waals surface area contributed by atoms with Crippen molar-refractivity contribution in [1.82, 2.24) is 15.1 Å². The summed E-state index contributed by atoms with van der Waals surface area (Å²) >= 11 is 0. The Balaban J connectivity index is 1.34. The molecule has 1 fully saturated rings. The molecular weight excluding hydrogens is 384 g/mol. The molecule has 0 aliphatic carbocycles. The molecule has 2 heterocycles. The highest BCUT2D eigenvalue weighted by Crippen LogP contribution is 2.31. The van der Waals surface area contributed by atoms with E-state index in [1.54, 1.807) is 0 Å². The molecule has 5 rings (SSSR count). The molecule has 0 spiro atoms. The van der Waals surface area contributed by atoms with Gasteiger partial charge in [0.1, 0.15) is 5.69 Å². The number of hydrogen-bond donors (Lipinski definition) is 0. The van der Waals surface area contributed by atoms with E-state index in [0.717, 1.165) is 59.6 Å². The van der Waals surface area contributed by atoms with Crippen molar-refractivity contribution >= 4 is 22.4 Å². The minimum absolute atomic E-state index is 0.173. The summed E-state index contributed by atoms with van der Waals surface area (Å²) in [5.74, 6) is 1.09. The van der Waals surface area contributed by atoms with Crippen LogP contribution in [0.4, 0.5) is 5.82 Å². The lowest BCUT2D eigenvalue weighted by Gasteiger charge is -2.35. The SMILES string of the molecule is O=C(CN1CCN(c2nnc(-c3ccccc3)c3ccccc23)CC1)c1ccccc1. The Morgan fingerprint density at radius 3 is 2.03 bits per heavy atom. The molecule has 4 aromatic rings. The van der Waals surface area contributed by atoms with Gasteiger partial charge < -0.3 is 4.90 Å². The first-order valence-electron chi connectivity index (χ1n) is 10.7. The van der Waals surface area contributed by atoms with Crippen LogP contribution in [0.1, 0.15) is 10.4 Å². The number of nitrogens with zero attached hydrogens (tertiary/aromatic N) is 4. The summed E-state index contributed by atoms with van der Waals surface area (Å²) in [4.78, 5) is 17.0. The maximum absolute atomic E-state index is 12.5. The summed E-state index contributed by atoms with van der Waals surface area (Å²) in [6.45, 7) is 3.76. The Bertz CT molecular complexity index is 1190. The first-order valence-corrected chi connectivity index (χ1v) is 10.7. The van der Waals surface area contributed by atoms with Crippen LogP contribution >= 0.6 is 0 Å². The predicted octanol–water partition coefficient (Wildman–Crippen LogP) is 4.30. The summed E-state index contributed by atoms with van der Waals surface area (Å²) in [5.41, 5.74) is 2.76. The molecule has 5 nitrogen and oxygen atoms in total.